The highest BCUT2D eigenvalue weighted by Gasteiger charge is 2.29. The second-order valence-electron chi connectivity index (χ2n) is 12.3. The summed E-state index contributed by atoms with van der Waals surface area (Å²) >= 11 is 1.41. The summed E-state index contributed by atoms with van der Waals surface area (Å²) < 4.78 is 0. The number of carbonyl (C=O) groups excluding carboxylic acids is 5. The van der Waals surface area contributed by atoms with Crippen LogP contribution in [0.15, 0.2) is 60.0 Å². The molecule has 0 fully saturated rings. The Bertz CT molecular complexity index is 1540. The van der Waals surface area contributed by atoms with Crippen LogP contribution in [0.3, 0.4) is 0 Å². The first kappa shape index (κ1) is 35.3. The van der Waals surface area contributed by atoms with Crippen LogP contribution in [0.25, 0.3) is 0 Å². The molecule has 250 valence electrons. The molecule has 2 aliphatic rings. The van der Waals surface area contributed by atoms with Crippen molar-refractivity contribution >= 4 is 40.9 Å². The van der Waals surface area contributed by atoms with Gasteiger partial charge < -0.3 is 26.2 Å². The molecule has 5 amide bonds. The van der Waals surface area contributed by atoms with Gasteiger partial charge in [0.1, 0.15) is 23.8 Å². The number of carbonyl (C=O) groups is 5. The van der Waals surface area contributed by atoms with Crippen molar-refractivity contribution in [2.45, 2.75) is 78.0 Å². The van der Waals surface area contributed by atoms with Gasteiger partial charge in [0.2, 0.25) is 17.7 Å². The average molecular weight is 661 g/mol. The van der Waals surface area contributed by atoms with Crippen molar-refractivity contribution in [1.29, 1.82) is 0 Å². The van der Waals surface area contributed by atoms with Gasteiger partial charge in [-0.1, -0.05) is 56.3 Å². The van der Waals surface area contributed by atoms with Crippen molar-refractivity contribution in [1.82, 2.24) is 31.2 Å². The van der Waals surface area contributed by atoms with Gasteiger partial charge in [-0.15, -0.1) is 11.3 Å². The fourth-order valence-electron chi connectivity index (χ4n) is 5.31. The Morgan fingerprint density at radius 1 is 0.915 bits per heavy atom. The number of thiazole rings is 1. The molecule has 0 aliphatic carbocycles. The number of aryl methyl sites for hydroxylation is 1. The van der Waals surface area contributed by atoms with Crippen LogP contribution < -0.4 is 21.3 Å². The molecule has 2 aromatic carbocycles. The molecule has 0 unspecified atom stereocenters. The molecule has 12 heteroatoms. The Kier molecular flexibility index (Phi) is 12.6. The number of benzene rings is 2. The second kappa shape index (κ2) is 16.8. The molecule has 3 atom stereocenters. The van der Waals surface area contributed by atoms with Crippen molar-refractivity contribution in [2.24, 2.45) is 5.92 Å². The zero-order valence-corrected chi connectivity index (χ0v) is 28.2. The minimum atomic E-state index is -0.975. The molecule has 0 saturated heterocycles. The van der Waals surface area contributed by atoms with Crippen LogP contribution in [0.5, 0.6) is 0 Å². The van der Waals surface area contributed by atoms with E-state index in [2.05, 4.69) is 26.3 Å². The number of fused-ring (bicyclic) bond motifs is 18. The molecule has 3 aromatic rings. The first-order valence-electron chi connectivity index (χ1n) is 16.0. The molecule has 0 saturated carbocycles. The maximum Gasteiger partial charge on any atom is 0.273 e. The van der Waals surface area contributed by atoms with Gasteiger partial charge in [-0.3, -0.25) is 24.0 Å². The van der Waals surface area contributed by atoms with Crippen molar-refractivity contribution in [2.75, 3.05) is 13.1 Å². The molecule has 1 aromatic heterocycles. The van der Waals surface area contributed by atoms with E-state index in [1.165, 1.54) is 11.3 Å². The predicted molar refractivity (Wildman–Crippen MR) is 181 cm³/mol. The highest BCUT2D eigenvalue weighted by atomic mass is 32.1. The van der Waals surface area contributed by atoms with Gasteiger partial charge in [-0.05, 0) is 62.3 Å². The highest BCUT2D eigenvalue weighted by Crippen LogP contribution is 2.16. The molecule has 0 radical (unpaired) electrons. The number of rotatable bonds is 5. The summed E-state index contributed by atoms with van der Waals surface area (Å²) in [6, 6.07) is 13.5. The van der Waals surface area contributed by atoms with Crippen molar-refractivity contribution < 1.29 is 24.0 Å². The van der Waals surface area contributed by atoms with E-state index in [0.717, 1.165) is 16.1 Å². The lowest BCUT2D eigenvalue weighted by molar-refractivity contribution is -0.132. The zero-order valence-electron chi connectivity index (χ0n) is 27.4. The maximum absolute atomic E-state index is 13.7. The molecule has 11 nitrogen and oxygen atoms in total. The highest BCUT2D eigenvalue weighted by molar-refractivity contribution is 7.09. The largest absolute Gasteiger partial charge is 0.354 e. The van der Waals surface area contributed by atoms with Gasteiger partial charge in [0.15, 0.2) is 0 Å². The Hall–Kier alpha value is -4.58. The lowest BCUT2D eigenvalue weighted by Gasteiger charge is -2.25. The van der Waals surface area contributed by atoms with Crippen LogP contribution in [0.2, 0.25) is 0 Å². The first-order valence-corrected chi connectivity index (χ1v) is 16.9. The smallest absolute Gasteiger partial charge is 0.273 e. The number of hydrogen-bond acceptors (Lipinski definition) is 7. The minimum absolute atomic E-state index is 0.0660. The van der Waals surface area contributed by atoms with Gasteiger partial charge in [0, 0.05) is 37.0 Å². The van der Waals surface area contributed by atoms with E-state index in [0.29, 0.717) is 50.2 Å². The summed E-state index contributed by atoms with van der Waals surface area (Å²) in [6.07, 6.45) is 1.79. The van der Waals surface area contributed by atoms with E-state index < -0.39 is 35.8 Å². The van der Waals surface area contributed by atoms with Crippen molar-refractivity contribution in [3.63, 3.8) is 0 Å². The molecule has 2 bridgehead atoms. The maximum atomic E-state index is 13.7. The molecular weight excluding hydrogens is 616 g/mol. The topological polar surface area (TPSA) is 150 Å². The fourth-order valence-corrected chi connectivity index (χ4v) is 5.89. The monoisotopic (exact) mass is 660 g/mol. The summed E-state index contributed by atoms with van der Waals surface area (Å²) in [5.74, 6) is -1.91. The average Bonchev–Trinajstić information content (AvgIpc) is 3.49. The van der Waals surface area contributed by atoms with Gasteiger partial charge in [0.25, 0.3) is 11.8 Å². The SMILES string of the molecule is Cc1nc(C(=O)N2CCCCNC(=O)[C@@H](C)NC(=O)[C@H](CC(C)C)NC(=O)[C@@H](Cc3ccccc3)NC(=O)c3ccc(cc3)C2)cs1. The van der Waals surface area contributed by atoms with Crippen molar-refractivity contribution in [3.05, 3.63) is 87.4 Å². The number of hydrogen-bond donors (Lipinski definition) is 4. The van der Waals surface area contributed by atoms with Crippen LogP contribution in [0, 0.1) is 12.8 Å². The molecular formula is C35H44N6O5S. The third-order valence-electron chi connectivity index (χ3n) is 7.87. The third-order valence-corrected chi connectivity index (χ3v) is 8.64. The Labute approximate surface area is 279 Å². The molecule has 3 heterocycles. The van der Waals surface area contributed by atoms with Crippen LogP contribution in [-0.4, -0.2) is 70.6 Å². The number of nitrogens with one attached hydrogen (secondary N) is 4. The van der Waals surface area contributed by atoms with Crippen molar-refractivity contribution in [3.8, 4) is 0 Å². The lowest BCUT2D eigenvalue weighted by Crippen LogP contribution is -2.57. The number of amides is 5. The van der Waals surface area contributed by atoms with Gasteiger partial charge in [-0.25, -0.2) is 4.98 Å². The quantitative estimate of drug-likeness (QED) is 0.309. The molecule has 2 aliphatic heterocycles. The predicted octanol–water partition coefficient (Wildman–Crippen LogP) is 3.38. The Morgan fingerprint density at radius 2 is 1.62 bits per heavy atom. The first-order chi connectivity index (χ1) is 22.5. The summed E-state index contributed by atoms with van der Waals surface area (Å²) in [5.41, 5.74) is 2.40. The van der Waals surface area contributed by atoms with E-state index in [4.69, 9.17) is 0 Å². The van der Waals surface area contributed by atoms with Crippen LogP contribution >= 0.6 is 11.3 Å². The summed E-state index contributed by atoms with van der Waals surface area (Å²) in [4.78, 5) is 72.9. The molecule has 0 spiro atoms. The number of aromatic nitrogens is 1. The van der Waals surface area contributed by atoms with Gasteiger partial charge in [-0.2, -0.15) is 0 Å². The number of nitrogens with zero attached hydrogens (tertiary/aromatic N) is 2. The molecule has 4 N–H and O–H groups in total. The second-order valence-corrected chi connectivity index (χ2v) is 13.4. The van der Waals surface area contributed by atoms with E-state index in [9.17, 15) is 24.0 Å². The van der Waals surface area contributed by atoms with Crippen LogP contribution in [0.1, 0.15) is 77.0 Å². The molecule has 47 heavy (non-hydrogen) atoms. The normalized spacial score (nSPS) is 20.5. The minimum Gasteiger partial charge on any atom is -0.354 e. The third kappa shape index (κ3) is 10.5. The summed E-state index contributed by atoms with van der Waals surface area (Å²) in [6.45, 7) is 8.43. The lowest BCUT2D eigenvalue weighted by atomic mass is 10.0. The standard InChI is InChI=1S/C35H44N6O5S/c1-22(2)18-28-33(44)37-23(3)31(42)36-16-8-9-17-41(35(46)30-21-47-24(4)38-30)20-26-12-14-27(15-13-26)32(43)39-29(34(45)40-28)19-25-10-6-5-7-11-25/h5-7,10-15,21-23,28-29H,8-9,16-20H2,1-4H3,(H,36,42)(H,37,44)(H,39,43)(H,40,45)/t23-,28+,29-/m1/s1. The van der Waals surface area contributed by atoms with E-state index in [1.54, 1.807) is 41.5 Å². The zero-order chi connectivity index (χ0) is 33.9. The summed E-state index contributed by atoms with van der Waals surface area (Å²) in [7, 11) is 0. The van der Waals surface area contributed by atoms with E-state index >= 15 is 0 Å². The van der Waals surface area contributed by atoms with Crippen LogP contribution in [0.4, 0.5) is 0 Å². The van der Waals surface area contributed by atoms with Gasteiger partial charge in [0.05, 0.1) is 5.01 Å². The Balaban J connectivity index is 1.62. The van der Waals surface area contributed by atoms with Crippen LogP contribution in [-0.2, 0) is 27.3 Å². The van der Waals surface area contributed by atoms with E-state index in [1.807, 2.05) is 51.1 Å². The Morgan fingerprint density at radius 3 is 2.28 bits per heavy atom. The summed E-state index contributed by atoms with van der Waals surface area (Å²) in [5, 5.41) is 13.8. The van der Waals surface area contributed by atoms with E-state index in [-0.39, 0.29) is 24.2 Å². The molecule has 5 rings (SSSR count). The fraction of sp³-hybridized carbons (Fsp3) is 0.429. The van der Waals surface area contributed by atoms with Gasteiger partial charge >= 0.3 is 0 Å².